The molecule has 0 aliphatic heterocycles. The Kier molecular flexibility index (Phi) is 7.19. The number of carbonyl (C=O) groups is 1. The molecule has 0 aromatic heterocycles. The van der Waals surface area contributed by atoms with Crippen LogP contribution in [-0.4, -0.2) is 38.4 Å². The Bertz CT molecular complexity index is 934. The van der Waals surface area contributed by atoms with E-state index in [1.807, 2.05) is 0 Å². The lowest BCUT2D eigenvalue weighted by atomic mass is 10.2. The second kappa shape index (κ2) is 8.96. The van der Waals surface area contributed by atoms with Crippen LogP contribution < -0.4 is 5.43 Å². The molecule has 10 heteroatoms. The van der Waals surface area contributed by atoms with Gasteiger partial charge >= 0.3 is 0 Å². The van der Waals surface area contributed by atoms with Gasteiger partial charge in [0.1, 0.15) is 0 Å². The summed E-state index contributed by atoms with van der Waals surface area (Å²) in [5.41, 5.74) is 2.78. The number of hydrogen-bond acceptors (Lipinski definition) is 4. The summed E-state index contributed by atoms with van der Waals surface area (Å²) in [5.74, 6) is -0.595. The van der Waals surface area contributed by atoms with Crippen LogP contribution in [0.1, 0.15) is 5.56 Å². The number of carbonyl (C=O) groups excluding carboxylic acids is 1. The lowest BCUT2D eigenvalue weighted by Crippen LogP contribution is -2.36. The minimum atomic E-state index is -3.78. The van der Waals surface area contributed by atoms with Crippen LogP contribution in [0.2, 0.25) is 10.0 Å². The van der Waals surface area contributed by atoms with Crippen LogP contribution in [0.5, 0.6) is 0 Å². The summed E-state index contributed by atoms with van der Waals surface area (Å²) in [4.78, 5) is 12.0. The van der Waals surface area contributed by atoms with Gasteiger partial charge in [0.25, 0.3) is 5.91 Å². The summed E-state index contributed by atoms with van der Waals surface area (Å²) in [6.07, 6.45) is 1.33. The van der Waals surface area contributed by atoms with Gasteiger partial charge in [-0.1, -0.05) is 51.3 Å². The molecule has 2 aromatic carbocycles. The third-order valence-electron chi connectivity index (χ3n) is 3.26. The molecule has 0 saturated carbocycles. The molecule has 1 N–H and O–H groups in total. The maximum Gasteiger partial charge on any atom is 0.255 e. The van der Waals surface area contributed by atoms with Gasteiger partial charge in [0, 0.05) is 17.1 Å². The van der Waals surface area contributed by atoms with Gasteiger partial charge in [-0.15, -0.1) is 0 Å². The first-order valence-corrected chi connectivity index (χ1v) is 10.2. The van der Waals surface area contributed by atoms with E-state index in [1.165, 1.54) is 25.4 Å². The second-order valence-electron chi connectivity index (χ2n) is 5.15. The first-order chi connectivity index (χ1) is 12.2. The molecule has 26 heavy (non-hydrogen) atoms. The lowest BCUT2D eigenvalue weighted by Gasteiger charge is -2.16. The maximum absolute atomic E-state index is 12.4. The Morgan fingerprint density at radius 2 is 1.88 bits per heavy atom. The van der Waals surface area contributed by atoms with E-state index < -0.39 is 15.9 Å². The molecule has 0 bridgehead atoms. The van der Waals surface area contributed by atoms with E-state index in [2.05, 4.69) is 26.5 Å². The largest absolute Gasteiger partial charge is 0.272 e. The molecular weight excluding hydrogens is 465 g/mol. The first kappa shape index (κ1) is 20.9. The quantitative estimate of drug-likeness (QED) is 0.509. The van der Waals surface area contributed by atoms with Crippen molar-refractivity contribution in [3.8, 4) is 0 Å². The monoisotopic (exact) mass is 477 g/mol. The highest BCUT2D eigenvalue weighted by molar-refractivity contribution is 9.10. The Balaban J connectivity index is 1.99. The molecule has 0 spiro atoms. The van der Waals surface area contributed by atoms with Gasteiger partial charge in [0.05, 0.1) is 27.7 Å². The summed E-state index contributed by atoms with van der Waals surface area (Å²) in [6.45, 7) is -0.390. The fourth-order valence-corrected chi connectivity index (χ4v) is 3.65. The fourth-order valence-electron chi connectivity index (χ4n) is 1.90. The van der Waals surface area contributed by atoms with Gasteiger partial charge in [-0.05, 0) is 30.3 Å². The molecule has 0 radical (unpaired) electrons. The number of sulfonamides is 1. The fraction of sp³-hybridized carbons (Fsp3) is 0.125. The van der Waals surface area contributed by atoms with E-state index in [9.17, 15) is 13.2 Å². The summed E-state index contributed by atoms with van der Waals surface area (Å²) in [7, 11) is -2.47. The average Bonchev–Trinajstić information content (AvgIpc) is 2.59. The standard InChI is InChI=1S/C16H14BrCl2N3O3S/c1-22(26(24,25)13-7-5-12(17)6-8-13)10-15(23)21-20-9-11-3-2-4-14(18)16(11)19/h2-9H,10H2,1H3,(H,21,23)/b20-9-. The summed E-state index contributed by atoms with van der Waals surface area (Å²) in [6, 6.07) is 11.1. The molecule has 1 amide bonds. The molecule has 138 valence electrons. The van der Waals surface area contributed by atoms with Crippen molar-refractivity contribution in [1.29, 1.82) is 0 Å². The number of hydrazone groups is 1. The Morgan fingerprint density at radius 3 is 2.54 bits per heavy atom. The Labute approximate surface area is 170 Å². The minimum absolute atomic E-state index is 0.0882. The highest BCUT2D eigenvalue weighted by Crippen LogP contribution is 2.24. The number of rotatable bonds is 6. The zero-order chi connectivity index (χ0) is 19.3. The molecule has 0 fully saturated rings. The number of benzene rings is 2. The number of hydrogen-bond donors (Lipinski definition) is 1. The minimum Gasteiger partial charge on any atom is -0.272 e. The molecule has 2 aromatic rings. The maximum atomic E-state index is 12.4. The summed E-state index contributed by atoms with van der Waals surface area (Å²) < 4.78 is 26.5. The SMILES string of the molecule is CN(CC(=O)N/N=C\c1cccc(Cl)c1Cl)S(=O)(=O)c1ccc(Br)cc1. The second-order valence-corrected chi connectivity index (χ2v) is 8.90. The van der Waals surface area contributed by atoms with Crippen molar-refractivity contribution in [1.82, 2.24) is 9.73 Å². The molecule has 0 aliphatic carbocycles. The number of halogens is 3. The van der Waals surface area contributed by atoms with E-state index in [-0.39, 0.29) is 11.4 Å². The highest BCUT2D eigenvalue weighted by Gasteiger charge is 2.22. The topological polar surface area (TPSA) is 78.8 Å². The van der Waals surface area contributed by atoms with Gasteiger partial charge in [-0.3, -0.25) is 4.79 Å². The predicted molar refractivity (Wildman–Crippen MR) is 106 cm³/mol. The molecule has 6 nitrogen and oxygen atoms in total. The molecule has 0 atom stereocenters. The van der Waals surface area contributed by atoms with Gasteiger partial charge in [-0.2, -0.15) is 9.41 Å². The molecule has 0 aliphatic rings. The third kappa shape index (κ3) is 5.28. The van der Waals surface area contributed by atoms with E-state index in [0.29, 0.717) is 15.6 Å². The van der Waals surface area contributed by atoms with Crippen molar-refractivity contribution in [3.05, 3.63) is 62.5 Å². The first-order valence-electron chi connectivity index (χ1n) is 7.19. The number of amides is 1. The van der Waals surface area contributed by atoms with E-state index >= 15 is 0 Å². The molecule has 0 unspecified atom stereocenters. The number of nitrogens with zero attached hydrogens (tertiary/aromatic N) is 2. The third-order valence-corrected chi connectivity index (χ3v) is 6.44. The molecule has 2 rings (SSSR count). The zero-order valence-corrected chi connectivity index (χ0v) is 17.4. The zero-order valence-electron chi connectivity index (χ0n) is 13.5. The summed E-state index contributed by atoms with van der Waals surface area (Å²) >= 11 is 15.1. The van der Waals surface area contributed by atoms with Crippen LogP contribution in [0.25, 0.3) is 0 Å². The Morgan fingerprint density at radius 1 is 1.23 bits per heavy atom. The predicted octanol–water partition coefficient (Wildman–Crippen LogP) is 3.53. The van der Waals surface area contributed by atoms with Gasteiger partial charge in [0.2, 0.25) is 10.0 Å². The smallest absolute Gasteiger partial charge is 0.255 e. The van der Waals surface area contributed by atoms with Crippen molar-refractivity contribution in [2.45, 2.75) is 4.90 Å². The van der Waals surface area contributed by atoms with Crippen molar-refractivity contribution < 1.29 is 13.2 Å². The summed E-state index contributed by atoms with van der Waals surface area (Å²) in [5, 5.41) is 4.44. The number of likely N-dealkylation sites (N-methyl/N-ethyl adjacent to an activating group) is 1. The average molecular weight is 479 g/mol. The highest BCUT2D eigenvalue weighted by atomic mass is 79.9. The van der Waals surface area contributed by atoms with E-state index in [0.717, 1.165) is 8.78 Å². The van der Waals surface area contributed by atoms with Gasteiger partial charge < -0.3 is 0 Å². The lowest BCUT2D eigenvalue weighted by molar-refractivity contribution is -0.121. The van der Waals surface area contributed by atoms with Crippen molar-refractivity contribution >= 4 is 61.3 Å². The van der Waals surface area contributed by atoms with Crippen LogP contribution in [0.4, 0.5) is 0 Å². The van der Waals surface area contributed by atoms with Crippen LogP contribution in [0.3, 0.4) is 0 Å². The van der Waals surface area contributed by atoms with E-state index in [1.54, 1.807) is 30.3 Å². The van der Waals surface area contributed by atoms with Crippen molar-refractivity contribution in [2.75, 3.05) is 13.6 Å². The van der Waals surface area contributed by atoms with Crippen LogP contribution >= 0.6 is 39.1 Å². The normalized spacial score (nSPS) is 11.9. The van der Waals surface area contributed by atoms with Gasteiger partial charge in [-0.25, -0.2) is 13.8 Å². The van der Waals surface area contributed by atoms with Crippen LogP contribution in [-0.2, 0) is 14.8 Å². The van der Waals surface area contributed by atoms with E-state index in [4.69, 9.17) is 23.2 Å². The molecular formula is C16H14BrCl2N3O3S. The van der Waals surface area contributed by atoms with Crippen LogP contribution in [0, 0.1) is 0 Å². The molecule has 0 saturated heterocycles. The van der Waals surface area contributed by atoms with Gasteiger partial charge in [0.15, 0.2) is 0 Å². The Hall–Kier alpha value is -1.45. The molecule has 0 heterocycles. The van der Waals surface area contributed by atoms with Crippen molar-refractivity contribution in [3.63, 3.8) is 0 Å². The van der Waals surface area contributed by atoms with Crippen LogP contribution in [0.15, 0.2) is 56.9 Å². The number of nitrogens with one attached hydrogen (secondary N) is 1. The van der Waals surface area contributed by atoms with Crippen molar-refractivity contribution in [2.24, 2.45) is 5.10 Å².